The number of pyridine rings is 1. The van der Waals surface area contributed by atoms with Crippen molar-refractivity contribution in [2.45, 2.75) is 12.5 Å². The van der Waals surface area contributed by atoms with Crippen LogP contribution < -0.4 is 4.74 Å². The van der Waals surface area contributed by atoms with Gasteiger partial charge < -0.3 is 9.84 Å². The smallest absolute Gasteiger partial charge is 0.135 e. The average molecular weight is 270 g/mol. The third kappa shape index (κ3) is 2.77. The molecule has 0 aliphatic rings. The van der Waals surface area contributed by atoms with Crippen molar-refractivity contribution in [3.05, 3.63) is 45.4 Å². The van der Waals surface area contributed by atoms with Crippen molar-refractivity contribution >= 4 is 22.9 Å². The van der Waals surface area contributed by atoms with Crippen LogP contribution in [0.15, 0.2) is 29.9 Å². The van der Waals surface area contributed by atoms with E-state index >= 15 is 0 Å². The minimum absolute atomic E-state index is 0.457. The molecule has 0 amide bonds. The molecule has 17 heavy (non-hydrogen) atoms. The first kappa shape index (κ1) is 12.4. The molecule has 90 valence electrons. The van der Waals surface area contributed by atoms with E-state index in [9.17, 15) is 5.11 Å². The Morgan fingerprint density at radius 3 is 3.06 bits per heavy atom. The van der Waals surface area contributed by atoms with E-state index in [1.54, 1.807) is 19.5 Å². The maximum absolute atomic E-state index is 10.2. The number of thiophene rings is 1. The van der Waals surface area contributed by atoms with Crippen LogP contribution in [0, 0.1) is 0 Å². The molecule has 1 N–H and O–H groups in total. The van der Waals surface area contributed by atoms with Gasteiger partial charge in [-0.05, 0) is 23.1 Å². The van der Waals surface area contributed by atoms with Crippen LogP contribution in [0.1, 0.15) is 16.5 Å². The molecule has 0 bridgehead atoms. The number of hydrogen-bond donors (Lipinski definition) is 1. The Morgan fingerprint density at radius 2 is 2.35 bits per heavy atom. The summed E-state index contributed by atoms with van der Waals surface area (Å²) in [7, 11) is 1.59. The molecule has 2 aromatic heterocycles. The van der Waals surface area contributed by atoms with Gasteiger partial charge in [-0.25, -0.2) is 0 Å². The Labute approximate surface area is 109 Å². The van der Waals surface area contributed by atoms with Crippen molar-refractivity contribution in [2.24, 2.45) is 0 Å². The van der Waals surface area contributed by atoms with Gasteiger partial charge in [0.25, 0.3) is 0 Å². The Bertz CT molecular complexity index is 501. The molecule has 3 nitrogen and oxygen atoms in total. The Kier molecular flexibility index (Phi) is 3.99. The first-order valence-electron chi connectivity index (χ1n) is 5.10. The van der Waals surface area contributed by atoms with E-state index in [0.717, 1.165) is 10.4 Å². The van der Waals surface area contributed by atoms with Gasteiger partial charge in [-0.2, -0.15) is 0 Å². The second-order valence-electron chi connectivity index (χ2n) is 3.54. The van der Waals surface area contributed by atoms with Crippen molar-refractivity contribution in [2.75, 3.05) is 7.11 Å². The van der Waals surface area contributed by atoms with Crippen LogP contribution in [0.4, 0.5) is 0 Å². The van der Waals surface area contributed by atoms with Gasteiger partial charge in [-0.1, -0.05) is 11.6 Å². The molecule has 5 heteroatoms. The van der Waals surface area contributed by atoms with E-state index in [1.807, 2.05) is 17.5 Å². The maximum Gasteiger partial charge on any atom is 0.135 e. The van der Waals surface area contributed by atoms with E-state index in [0.29, 0.717) is 17.2 Å². The minimum atomic E-state index is -0.607. The summed E-state index contributed by atoms with van der Waals surface area (Å²) in [6, 6.07) is 3.66. The molecular weight excluding hydrogens is 258 g/mol. The van der Waals surface area contributed by atoms with Crippen molar-refractivity contribution in [1.82, 2.24) is 4.98 Å². The van der Waals surface area contributed by atoms with Gasteiger partial charge in [0.2, 0.25) is 0 Å². The summed E-state index contributed by atoms with van der Waals surface area (Å²) in [5.41, 5.74) is 0.879. The SMILES string of the molecule is COc1ccsc1C(O)Cc1ccncc1Cl. The predicted molar refractivity (Wildman–Crippen MR) is 68.8 cm³/mol. The lowest BCUT2D eigenvalue weighted by molar-refractivity contribution is 0.178. The van der Waals surface area contributed by atoms with Crippen molar-refractivity contribution < 1.29 is 9.84 Å². The number of aromatic nitrogens is 1. The van der Waals surface area contributed by atoms with Crippen LogP contribution in [-0.2, 0) is 6.42 Å². The molecular formula is C12H12ClNO2S. The van der Waals surface area contributed by atoms with Crippen molar-refractivity contribution in [3.63, 3.8) is 0 Å². The summed E-state index contributed by atoms with van der Waals surface area (Å²) in [5, 5.41) is 12.6. The zero-order chi connectivity index (χ0) is 12.3. The van der Waals surface area contributed by atoms with E-state index < -0.39 is 6.10 Å². The highest BCUT2D eigenvalue weighted by Crippen LogP contribution is 2.33. The Balaban J connectivity index is 2.17. The quantitative estimate of drug-likeness (QED) is 0.928. The summed E-state index contributed by atoms with van der Waals surface area (Å²) in [6.07, 6.45) is 3.09. The number of methoxy groups -OCH3 is 1. The molecule has 2 rings (SSSR count). The molecule has 0 aliphatic heterocycles. The number of hydrogen-bond acceptors (Lipinski definition) is 4. The number of aliphatic hydroxyl groups excluding tert-OH is 1. The predicted octanol–water partition coefficient (Wildman–Crippen LogP) is 3.08. The fourth-order valence-electron chi connectivity index (χ4n) is 1.59. The topological polar surface area (TPSA) is 42.4 Å². The van der Waals surface area contributed by atoms with Gasteiger partial charge in [0.15, 0.2) is 0 Å². The summed E-state index contributed by atoms with van der Waals surface area (Å²) < 4.78 is 5.18. The number of aliphatic hydroxyl groups is 1. The van der Waals surface area contributed by atoms with Crippen LogP contribution >= 0.6 is 22.9 Å². The third-order valence-electron chi connectivity index (χ3n) is 2.45. The van der Waals surface area contributed by atoms with Gasteiger partial charge >= 0.3 is 0 Å². The highest BCUT2D eigenvalue weighted by atomic mass is 35.5. The normalized spacial score (nSPS) is 12.4. The second-order valence-corrected chi connectivity index (χ2v) is 4.90. The minimum Gasteiger partial charge on any atom is -0.495 e. The van der Waals surface area contributed by atoms with Crippen LogP contribution in [0.5, 0.6) is 5.75 Å². The molecule has 0 saturated carbocycles. The van der Waals surface area contributed by atoms with Crippen LogP contribution in [0.25, 0.3) is 0 Å². The van der Waals surface area contributed by atoms with Gasteiger partial charge in [0, 0.05) is 18.8 Å². The van der Waals surface area contributed by atoms with E-state index in [4.69, 9.17) is 16.3 Å². The molecule has 0 aromatic carbocycles. The van der Waals surface area contributed by atoms with E-state index in [1.165, 1.54) is 11.3 Å². The molecule has 2 aromatic rings. The number of rotatable bonds is 4. The zero-order valence-electron chi connectivity index (χ0n) is 9.26. The van der Waals surface area contributed by atoms with Crippen LogP contribution in [0.3, 0.4) is 0 Å². The molecule has 2 heterocycles. The Hall–Kier alpha value is -1.10. The monoisotopic (exact) mass is 269 g/mol. The van der Waals surface area contributed by atoms with E-state index in [2.05, 4.69) is 4.98 Å². The van der Waals surface area contributed by atoms with Crippen LogP contribution in [0.2, 0.25) is 5.02 Å². The third-order valence-corrected chi connectivity index (χ3v) is 3.79. The summed E-state index contributed by atoms with van der Waals surface area (Å²) >= 11 is 7.48. The first-order chi connectivity index (χ1) is 8.22. The lowest BCUT2D eigenvalue weighted by atomic mass is 10.1. The second kappa shape index (κ2) is 5.49. The molecule has 1 atom stereocenters. The molecule has 1 unspecified atom stereocenters. The average Bonchev–Trinajstić information content (AvgIpc) is 2.80. The van der Waals surface area contributed by atoms with Gasteiger partial charge in [0.05, 0.1) is 23.1 Å². The standard InChI is InChI=1S/C12H12ClNO2S/c1-16-11-3-5-17-12(11)10(15)6-8-2-4-14-7-9(8)13/h2-5,7,10,15H,6H2,1H3. The molecule has 0 radical (unpaired) electrons. The van der Waals surface area contributed by atoms with Gasteiger partial charge in [0.1, 0.15) is 5.75 Å². The summed E-state index contributed by atoms with van der Waals surface area (Å²) in [4.78, 5) is 4.73. The zero-order valence-corrected chi connectivity index (χ0v) is 10.8. The molecule has 0 aliphatic carbocycles. The molecule has 0 saturated heterocycles. The van der Waals surface area contributed by atoms with Crippen molar-refractivity contribution in [3.8, 4) is 5.75 Å². The molecule has 0 spiro atoms. The van der Waals surface area contributed by atoms with Gasteiger partial charge in [-0.3, -0.25) is 4.98 Å². The lowest BCUT2D eigenvalue weighted by Crippen LogP contribution is -2.02. The lowest BCUT2D eigenvalue weighted by Gasteiger charge is -2.11. The van der Waals surface area contributed by atoms with Crippen LogP contribution in [-0.4, -0.2) is 17.2 Å². The summed E-state index contributed by atoms with van der Waals surface area (Å²) in [6.45, 7) is 0. The number of nitrogens with zero attached hydrogens (tertiary/aromatic N) is 1. The highest BCUT2D eigenvalue weighted by molar-refractivity contribution is 7.10. The van der Waals surface area contributed by atoms with Gasteiger partial charge in [-0.15, -0.1) is 11.3 Å². The number of ether oxygens (including phenoxy) is 1. The maximum atomic E-state index is 10.2. The summed E-state index contributed by atoms with van der Waals surface area (Å²) in [5.74, 6) is 0.715. The fraction of sp³-hybridized carbons (Fsp3) is 0.250. The first-order valence-corrected chi connectivity index (χ1v) is 6.36. The number of halogens is 1. The van der Waals surface area contributed by atoms with Crippen molar-refractivity contribution in [1.29, 1.82) is 0 Å². The van der Waals surface area contributed by atoms with E-state index in [-0.39, 0.29) is 0 Å². The molecule has 0 fully saturated rings. The fourth-order valence-corrected chi connectivity index (χ4v) is 2.63. The highest BCUT2D eigenvalue weighted by Gasteiger charge is 2.16. The largest absolute Gasteiger partial charge is 0.495 e. The Morgan fingerprint density at radius 1 is 1.53 bits per heavy atom.